The van der Waals surface area contributed by atoms with E-state index in [9.17, 15) is 14.3 Å². The lowest BCUT2D eigenvalue weighted by molar-refractivity contribution is 0.0619. The first-order valence-corrected chi connectivity index (χ1v) is 6.85. The molecule has 0 heterocycles. The molecule has 0 aliphatic heterocycles. The smallest absolute Gasteiger partial charge is 0.163 e. The van der Waals surface area contributed by atoms with Gasteiger partial charge in [-0.25, -0.2) is 4.39 Å². The van der Waals surface area contributed by atoms with Gasteiger partial charge in [-0.15, -0.1) is 0 Å². The zero-order valence-corrected chi connectivity index (χ0v) is 12.2. The highest BCUT2D eigenvalue weighted by atomic mass is 19.1. The number of Topliss-reactive ketones (excluding diaryl/α,β-unsaturated/α-hetero) is 1. The predicted octanol–water partition coefficient (Wildman–Crippen LogP) is 2.85. The van der Waals surface area contributed by atoms with Crippen LogP contribution >= 0.6 is 0 Å². The summed E-state index contributed by atoms with van der Waals surface area (Å²) in [5.41, 5.74) is 0.276. The lowest BCUT2D eigenvalue weighted by Gasteiger charge is -2.15. The highest BCUT2D eigenvalue weighted by Crippen LogP contribution is 2.20. The Bertz CT molecular complexity index is 628. The molecule has 1 atom stereocenters. The Morgan fingerprint density at radius 1 is 1.14 bits per heavy atom. The molecule has 22 heavy (non-hydrogen) atoms. The maximum atomic E-state index is 13.2. The first kappa shape index (κ1) is 16.0. The van der Waals surface area contributed by atoms with Gasteiger partial charge in [0.15, 0.2) is 5.78 Å². The van der Waals surface area contributed by atoms with E-state index < -0.39 is 11.9 Å². The van der Waals surface area contributed by atoms with E-state index in [1.54, 1.807) is 12.1 Å². The number of ether oxygens (including phenoxy) is 2. The third-order valence-corrected chi connectivity index (χ3v) is 2.94. The van der Waals surface area contributed by atoms with Gasteiger partial charge >= 0.3 is 0 Å². The zero-order valence-electron chi connectivity index (χ0n) is 12.2. The minimum Gasteiger partial charge on any atom is -0.491 e. The molecule has 0 fully saturated rings. The molecule has 0 saturated carbocycles. The van der Waals surface area contributed by atoms with Gasteiger partial charge in [-0.05, 0) is 31.2 Å². The van der Waals surface area contributed by atoms with Crippen LogP contribution in [0, 0.1) is 5.82 Å². The number of hydrogen-bond acceptors (Lipinski definition) is 4. The molecule has 0 radical (unpaired) electrons. The Kier molecular flexibility index (Phi) is 5.49. The second-order valence-corrected chi connectivity index (χ2v) is 4.79. The van der Waals surface area contributed by atoms with Gasteiger partial charge in [0.05, 0.1) is 5.56 Å². The predicted molar refractivity (Wildman–Crippen MR) is 79.8 cm³/mol. The fraction of sp³-hybridized carbons (Fsp3) is 0.235. The number of hydrogen-bond donors (Lipinski definition) is 1. The lowest BCUT2D eigenvalue weighted by atomic mass is 10.1. The summed E-state index contributed by atoms with van der Waals surface area (Å²) in [6.07, 6.45) is -0.900. The van der Waals surface area contributed by atoms with Crippen molar-refractivity contribution in [2.45, 2.75) is 13.0 Å². The van der Waals surface area contributed by atoms with E-state index in [2.05, 4.69) is 0 Å². The van der Waals surface area contributed by atoms with Gasteiger partial charge in [-0.2, -0.15) is 0 Å². The number of carbonyl (C=O) groups excluding carboxylic acids is 1. The largest absolute Gasteiger partial charge is 0.491 e. The number of para-hydroxylation sites is 1. The summed E-state index contributed by atoms with van der Waals surface area (Å²) in [6.45, 7) is 1.31. The van der Waals surface area contributed by atoms with Gasteiger partial charge in [0.25, 0.3) is 0 Å². The molecule has 2 rings (SSSR count). The summed E-state index contributed by atoms with van der Waals surface area (Å²) in [6, 6.07) is 12.7. The molecule has 5 heteroatoms. The Morgan fingerprint density at radius 2 is 1.82 bits per heavy atom. The molecule has 116 valence electrons. The average molecular weight is 304 g/mol. The third-order valence-electron chi connectivity index (χ3n) is 2.94. The highest BCUT2D eigenvalue weighted by molar-refractivity contribution is 5.96. The van der Waals surface area contributed by atoms with Gasteiger partial charge in [-0.1, -0.05) is 18.2 Å². The van der Waals surface area contributed by atoms with E-state index in [0.29, 0.717) is 5.75 Å². The van der Waals surface area contributed by atoms with Crippen LogP contribution in [0.1, 0.15) is 17.3 Å². The third kappa shape index (κ3) is 4.56. The van der Waals surface area contributed by atoms with Gasteiger partial charge in [0, 0.05) is 6.07 Å². The number of ketones is 1. The van der Waals surface area contributed by atoms with Crippen molar-refractivity contribution in [1.29, 1.82) is 0 Å². The van der Waals surface area contributed by atoms with Crippen molar-refractivity contribution in [1.82, 2.24) is 0 Å². The van der Waals surface area contributed by atoms with Crippen LogP contribution in [0.15, 0.2) is 48.5 Å². The Morgan fingerprint density at radius 3 is 2.50 bits per heavy atom. The molecule has 0 amide bonds. The van der Waals surface area contributed by atoms with Crippen molar-refractivity contribution < 1.29 is 23.8 Å². The van der Waals surface area contributed by atoms with Crippen molar-refractivity contribution in [3.8, 4) is 11.5 Å². The summed E-state index contributed by atoms with van der Waals surface area (Å²) < 4.78 is 24.0. The lowest BCUT2D eigenvalue weighted by Crippen LogP contribution is -2.25. The quantitative estimate of drug-likeness (QED) is 0.799. The summed E-state index contributed by atoms with van der Waals surface area (Å²) in [5.74, 6) is 0.0167. The normalized spacial score (nSPS) is 11.8. The number of aliphatic hydroxyl groups excluding tert-OH is 1. The van der Waals surface area contributed by atoms with Crippen molar-refractivity contribution in [3.05, 3.63) is 59.9 Å². The molecule has 0 aliphatic carbocycles. The molecule has 0 aliphatic rings. The summed E-state index contributed by atoms with van der Waals surface area (Å²) >= 11 is 0. The van der Waals surface area contributed by atoms with Crippen LogP contribution in [-0.2, 0) is 0 Å². The van der Waals surface area contributed by atoms with Gasteiger partial charge < -0.3 is 14.6 Å². The van der Waals surface area contributed by atoms with Gasteiger partial charge in [-0.3, -0.25) is 4.79 Å². The van der Waals surface area contributed by atoms with Crippen molar-refractivity contribution in [2.24, 2.45) is 0 Å². The number of benzene rings is 2. The van der Waals surface area contributed by atoms with Gasteiger partial charge in [0.1, 0.15) is 36.6 Å². The van der Waals surface area contributed by atoms with E-state index in [1.807, 2.05) is 18.2 Å². The molecule has 0 aromatic heterocycles. The molecule has 0 bridgehead atoms. The van der Waals surface area contributed by atoms with E-state index in [1.165, 1.54) is 19.1 Å². The molecular formula is C17H17FO4. The zero-order chi connectivity index (χ0) is 15.9. The van der Waals surface area contributed by atoms with E-state index >= 15 is 0 Å². The molecule has 0 spiro atoms. The minimum absolute atomic E-state index is 0.0364. The molecule has 1 N–H and O–H groups in total. The number of carbonyl (C=O) groups is 1. The van der Waals surface area contributed by atoms with Crippen LogP contribution in [0.5, 0.6) is 11.5 Å². The maximum Gasteiger partial charge on any atom is 0.163 e. The molecule has 0 saturated heterocycles. The minimum atomic E-state index is -0.900. The fourth-order valence-electron chi connectivity index (χ4n) is 1.85. The van der Waals surface area contributed by atoms with Crippen LogP contribution in [0.25, 0.3) is 0 Å². The second-order valence-electron chi connectivity index (χ2n) is 4.79. The fourth-order valence-corrected chi connectivity index (χ4v) is 1.85. The topological polar surface area (TPSA) is 55.8 Å². The average Bonchev–Trinajstić information content (AvgIpc) is 2.51. The number of rotatable bonds is 7. The second kappa shape index (κ2) is 7.56. The Balaban J connectivity index is 1.89. The summed E-state index contributed by atoms with van der Waals surface area (Å²) in [4.78, 5) is 11.4. The first-order valence-electron chi connectivity index (χ1n) is 6.85. The standard InChI is InChI=1S/C17H17FO4/c1-12(19)16-8-7-13(18)9-17(16)22-11-14(20)10-21-15-5-3-2-4-6-15/h2-9,14,20H,10-11H2,1H3/t14-/m0/s1. The van der Waals surface area contributed by atoms with Crippen LogP contribution < -0.4 is 9.47 Å². The molecule has 4 nitrogen and oxygen atoms in total. The first-order chi connectivity index (χ1) is 10.6. The molecular weight excluding hydrogens is 287 g/mol. The van der Waals surface area contributed by atoms with Gasteiger partial charge in [0.2, 0.25) is 0 Å². The Labute approximate surface area is 128 Å². The van der Waals surface area contributed by atoms with Crippen LogP contribution in [-0.4, -0.2) is 30.2 Å². The van der Waals surface area contributed by atoms with Crippen molar-refractivity contribution in [2.75, 3.05) is 13.2 Å². The molecule has 2 aromatic carbocycles. The van der Waals surface area contributed by atoms with Crippen LogP contribution in [0.4, 0.5) is 4.39 Å². The monoisotopic (exact) mass is 304 g/mol. The van der Waals surface area contributed by atoms with Crippen molar-refractivity contribution in [3.63, 3.8) is 0 Å². The summed E-state index contributed by atoms with van der Waals surface area (Å²) in [7, 11) is 0. The summed E-state index contributed by atoms with van der Waals surface area (Å²) in [5, 5.41) is 9.84. The Hall–Kier alpha value is -2.40. The number of halogens is 1. The highest BCUT2D eigenvalue weighted by Gasteiger charge is 2.12. The van der Waals surface area contributed by atoms with Crippen LogP contribution in [0.3, 0.4) is 0 Å². The maximum absolute atomic E-state index is 13.2. The van der Waals surface area contributed by atoms with Crippen LogP contribution in [0.2, 0.25) is 0 Å². The van der Waals surface area contributed by atoms with E-state index in [4.69, 9.17) is 9.47 Å². The van der Waals surface area contributed by atoms with E-state index in [-0.39, 0.29) is 30.3 Å². The van der Waals surface area contributed by atoms with E-state index in [0.717, 1.165) is 6.07 Å². The molecule has 2 aromatic rings. The molecule has 0 unspecified atom stereocenters. The number of aliphatic hydroxyl groups is 1. The SMILES string of the molecule is CC(=O)c1ccc(F)cc1OC[C@@H](O)COc1ccccc1. The van der Waals surface area contributed by atoms with Crippen molar-refractivity contribution >= 4 is 5.78 Å².